The summed E-state index contributed by atoms with van der Waals surface area (Å²) in [5.41, 5.74) is 2.20. The predicted octanol–water partition coefficient (Wildman–Crippen LogP) is 3.66. The SMILES string of the molecule is O=C(NCCCn1ccc2cc(C(=O)O)ccc21)OCc1ccccc1. The Balaban J connectivity index is 1.44. The molecule has 1 amide bonds. The molecule has 0 unspecified atom stereocenters. The summed E-state index contributed by atoms with van der Waals surface area (Å²) in [5.74, 6) is -0.933. The molecule has 26 heavy (non-hydrogen) atoms. The Morgan fingerprint density at radius 1 is 1.08 bits per heavy atom. The predicted molar refractivity (Wildman–Crippen MR) is 98.1 cm³/mol. The fourth-order valence-corrected chi connectivity index (χ4v) is 2.74. The van der Waals surface area contributed by atoms with Gasteiger partial charge in [-0.15, -0.1) is 0 Å². The molecule has 0 bridgehead atoms. The Bertz CT molecular complexity index is 903. The minimum Gasteiger partial charge on any atom is -0.478 e. The fourth-order valence-electron chi connectivity index (χ4n) is 2.74. The smallest absolute Gasteiger partial charge is 0.407 e. The Morgan fingerprint density at radius 2 is 1.88 bits per heavy atom. The molecule has 134 valence electrons. The molecule has 6 nitrogen and oxygen atoms in total. The van der Waals surface area contributed by atoms with E-state index in [1.807, 2.05) is 47.2 Å². The van der Waals surface area contributed by atoms with E-state index in [0.29, 0.717) is 6.54 Å². The average molecular weight is 352 g/mol. The van der Waals surface area contributed by atoms with Gasteiger partial charge in [-0.1, -0.05) is 30.3 Å². The minimum absolute atomic E-state index is 0.251. The van der Waals surface area contributed by atoms with Crippen LogP contribution in [0.2, 0.25) is 0 Å². The van der Waals surface area contributed by atoms with Crippen molar-refractivity contribution < 1.29 is 19.4 Å². The molecule has 1 heterocycles. The number of carbonyl (C=O) groups is 2. The zero-order valence-electron chi connectivity index (χ0n) is 14.2. The number of aromatic carboxylic acids is 1. The molecular formula is C20H20N2O4. The molecule has 0 spiro atoms. The molecule has 3 aromatic rings. The first-order chi connectivity index (χ1) is 12.6. The van der Waals surface area contributed by atoms with Crippen molar-refractivity contribution in [2.45, 2.75) is 19.6 Å². The molecule has 0 aliphatic heterocycles. The van der Waals surface area contributed by atoms with E-state index in [0.717, 1.165) is 29.4 Å². The van der Waals surface area contributed by atoms with E-state index in [9.17, 15) is 9.59 Å². The number of carboxylic acid groups (broad SMARTS) is 1. The van der Waals surface area contributed by atoms with Crippen LogP contribution in [-0.4, -0.2) is 28.3 Å². The van der Waals surface area contributed by atoms with Crippen molar-refractivity contribution >= 4 is 23.0 Å². The first kappa shape index (κ1) is 17.5. The second-order valence-electron chi connectivity index (χ2n) is 5.93. The third-order valence-corrected chi connectivity index (χ3v) is 4.08. The van der Waals surface area contributed by atoms with Crippen LogP contribution in [-0.2, 0) is 17.9 Å². The van der Waals surface area contributed by atoms with Gasteiger partial charge in [-0.05, 0) is 36.2 Å². The third kappa shape index (κ3) is 4.42. The quantitative estimate of drug-likeness (QED) is 0.636. The number of ether oxygens (including phenoxy) is 1. The average Bonchev–Trinajstić information content (AvgIpc) is 3.06. The summed E-state index contributed by atoms with van der Waals surface area (Å²) in [6.07, 6.45) is 2.23. The van der Waals surface area contributed by atoms with Gasteiger partial charge in [0, 0.05) is 30.2 Å². The number of nitrogens with one attached hydrogen (secondary N) is 1. The molecule has 0 aliphatic rings. The van der Waals surface area contributed by atoms with Gasteiger partial charge in [0.1, 0.15) is 6.61 Å². The van der Waals surface area contributed by atoms with Crippen LogP contribution >= 0.6 is 0 Å². The summed E-state index contributed by atoms with van der Waals surface area (Å²) >= 11 is 0. The first-order valence-electron chi connectivity index (χ1n) is 8.40. The van der Waals surface area contributed by atoms with E-state index in [-0.39, 0.29) is 12.2 Å². The van der Waals surface area contributed by atoms with E-state index < -0.39 is 12.1 Å². The van der Waals surface area contributed by atoms with Gasteiger partial charge in [0.2, 0.25) is 0 Å². The lowest BCUT2D eigenvalue weighted by Gasteiger charge is -2.08. The lowest BCUT2D eigenvalue weighted by Crippen LogP contribution is -2.25. The monoisotopic (exact) mass is 352 g/mol. The van der Waals surface area contributed by atoms with Crippen molar-refractivity contribution in [2.24, 2.45) is 0 Å². The number of fused-ring (bicyclic) bond motifs is 1. The maximum Gasteiger partial charge on any atom is 0.407 e. The van der Waals surface area contributed by atoms with E-state index in [2.05, 4.69) is 5.32 Å². The van der Waals surface area contributed by atoms with Crippen molar-refractivity contribution in [3.05, 3.63) is 71.9 Å². The van der Waals surface area contributed by atoms with Crippen LogP contribution in [0.3, 0.4) is 0 Å². The van der Waals surface area contributed by atoms with Crippen LogP contribution in [0.25, 0.3) is 10.9 Å². The molecule has 1 aromatic heterocycles. The maximum atomic E-state index is 11.7. The van der Waals surface area contributed by atoms with Crippen LogP contribution in [0.5, 0.6) is 0 Å². The highest BCUT2D eigenvalue weighted by molar-refractivity contribution is 5.93. The number of alkyl carbamates (subject to hydrolysis) is 1. The van der Waals surface area contributed by atoms with E-state index in [1.165, 1.54) is 0 Å². The highest BCUT2D eigenvalue weighted by Crippen LogP contribution is 2.18. The lowest BCUT2D eigenvalue weighted by molar-refractivity contribution is 0.0697. The topological polar surface area (TPSA) is 80.6 Å². The van der Waals surface area contributed by atoms with Gasteiger partial charge in [0.05, 0.1) is 5.56 Å². The van der Waals surface area contributed by atoms with Crippen molar-refractivity contribution in [2.75, 3.05) is 6.54 Å². The van der Waals surface area contributed by atoms with Crippen LogP contribution < -0.4 is 5.32 Å². The molecule has 2 aromatic carbocycles. The molecule has 2 N–H and O–H groups in total. The summed E-state index contributed by atoms with van der Waals surface area (Å²) in [4.78, 5) is 22.7. The van der Waals surface area contributed by atoms with Crippen molar-refractivity contribution in [3.8, 4) is 0 Å². The van der Waals surface area contributed by atoms with Gasteiger partial charge in [-0.2, -0.15) is 0 Å². The molecule has 0 fully saturated rings. The number of hydrogen-bond acceptors (Lipinski definition) is 3. The summed E-state index contributed by atoms with van der Waals surface area (Å²) in [5, 5.41) is 12.7. The Morgan fingerprint density at radius 3 is 2.65 bits per heavy atom. The Kier molecular flexibility index (Phi) is 5.53. The molecule has 0 aliphatic carbocycles. The van der Waals surface area contributed by atoms with E-state index in [4.69, 9.17) is 9.84 Å². The number of carbonyl (C=O) groups excluding carboxylic acids is 1. The normalized spacial score (nSPS) is 10.6. The number of hydrogen-bond donors (Lipinski definition) is 2. The molecule has 3 rings (SSSR count). The number of benzene rings is 2. The maximum absolute atomic E-state index is 11.7. The van der Waals surface area contributed by atoms with Crippen molar-refractivity contribution in [3.63, 3.8) is 0 Å². The van der Waals surface area contributed by atoms with Crippen molar-refractivity contribution in [1.82, 2.24) is 9.88 Å². The molecule has 6 heteroatoms. The molecule has 0 radical (unpaired) electrons. The van der Waals surface area contributed by atoms with E-state index >= 15 is 0 Å². The van der Waals surface area contributed by atoms with Gasteiger partial charge in [0.15, 0.2) is 0 Å². The summed E-state index contributed by atoms with van der Waals surface area (Å²) < 4.78 is 7.20. The second kappa shape index (κ2) is 8.20. The minimum atomic E-state index is -0.933. The molecule has 0 saturated carbocycles. The Labute approximate surface area is 151 Å². The van der Waals surface area contributed by atoms with Crippen molar-refractivity contribution in [1.29, 1.82) is 0 Å². The summed E-state index contributed by atoms with van der Waals surface area (Å²) in [6.45, 7) is 1.47. The first-order valence-corrected chi connectivity index (χ1v) is 8.40. The Hall–Kier alpha value is -3.28. The van der Waals surface area contributed by atoms with Crippen LogP contribution in [0, 0.1) is 0 Å². The number of amides is 1. The lowest BCUT2D eigenvalue weighted by atomic mass is 10.1. The standard InChI is InChI=1S/C20H20N2O4/c23-19(24)17-7-8-18-16(13-17)9-12-22(18)11-4-10-21-20(25)26-14-15-5-2-1-3-6-15/h1-3,5-9,12-13H,4,10-11,14H2,(H,21,25)(H,23,24). The number of rotatable bonds is 7. The zero-order valence-corrected chi connectivity index (χ0v) is 14.2. The molecular weight excluding hydrogens is 332 g/mol. The van der Waals surface area contributed by atoms with Gasteiger partial charge in [0.25, 0.3) is 0 Å². The van der Waals surface area contributed by atoms with Crippen LogP contribution in [0.1, 0.15) is 22.3 Å². The van der Waals surface area contributed by atoms with E-state index in [1.54, 1.807) is 18.2 Å². The molecule has 0 atom stereocenters. The van der Waals surface area contributed by atoms with Crippen LogP contribution in [0.4, 0.5) is 4.79 Å². The molecule has 0 saturated heterocycles. The number of aromatic nitrogens is 1. The summed E-state index contributed by atoms with van der Waals surface area (Å²) in [6, 6.07) is 16.5. The highest BCUT2D eigenvalue weighted by atomic mass is 16.5. The van der Waals surface area contributed by atoms with Gasteiger partial charge < -0.3 is 19.7 Å². The largest absolute Gasteiger partial charge is 0.478 e. The van der Waals surface area contributed by atoms with Gasteiger partial charge in [-0.3, -0.25) is 0 Å². The zero-order chi connectivity index (χ0) is 18.4. The number of aryl methyl sites for hydroxylation is 1. The number of carboxylic acids is 1. The summed E-state index contributed by atoms with van der Waals surface area (Å²) in [7, 11) is 0. The number of nitrogens with zero attached hydrogens (tertiary/aromatic N) is 1. The van der Waals surface area contributed by atoms with Gasteiger partial charge >= 0.3 is 12.1 Å². The highest BCUT2D eigenvalue weighted by Gasteiger charge is 2.07. The fraction of sp³-hybridized carbons (Fsp3) is 0.200. The van der Waals surface area contributed by atoms with Crippen LogP contribution in [0.15, 0.2) is 60.8 Å². The third-order valence-electron chi connectivity index (χ3n) is 4.08. The second-order valence-corrected chi connectivity index (χ2v) is 5.93. The van der Waals surface area contributed by atoms with Gasteiger partial charge in [-0.25, -0.2) is 9.59 Å².